The molecule has 1 aromatic rings. The van der Waals surface area contributed by atoms with Gasteiger partial charge in [-0.3, -0.25) is 4.79 Å². The third kappa shape index (κ3) is 4.05. The first-order valence-electron chi connectivity index (χ1n) is 8.95. The van der Waals surface area contributed by atoms with Crippen molar-refractivity contribution in [3.8, 4) is 0 Å². The van der Waals surface area contributed by atoms with Crippen LogP contribution in [-0.4, -0.2) is 35.0 Å². The first kappa shape index (κ1) is 16.7. The predicted molar refractivity (Wildman–Crippen MR) is 93.8 cm³/mol. The number of rotatable bonds is 3. The molecule has 1 saturated heterocycles. The third-order valence-electron chi connectivity index (χ3n) is 5.20. The normalized spacial score (nSPS) is 19.2. The SMILES string of the molecule is O=C(O)c1ccc(C=C2CCN(C(=O)C3CCCCC3)CC2)cc1. The Morgan fingerprint density at radius 3 is 2.21 bits per heavy atom. The summed E-state index contributed by atoms with van der Waals surface area (Å²) in [5.74, 6) is -0.281. The summed E-state index contributed by atoms with van der Waals surface area (Å²) in [7, 11) is 0. The molecule has 24 heavy (non-hydrogen) atoms. The second-order valence-corrected chi connectivity index (χ2v) is 6.89. The van der Waals surface area contributed by atoms with Crippen molar-refractivity contribution < 1.29 is 14.7 Å². The van der Waals surface area contributed by atoms with E-state index in [1.54, 1.807) is 12.1 Å². The number of nitrogens with zero attached hydrogens (tertiary/aromatic N) is 1. The second-order valence-electron chi connectivity index (χ2n) is 6.89. The zero-order chi connectivity index (χ0) is 16.9. The number of likely N-dealkylation sites (tertiary alicyclic amines) is 1. The molecule has 1 aliphatic heterocycles. The molecule has 0 bridgehead atoms. The number of benzene rings is 1. The fourth-order valence-corrected chi connectivity index (χ4v) is 3.72. The highest BCUT2D eigenvalue weighted by molar-refractivity contribution is 5.87. The van der Waals surface area contributed by atoms with Gasteiger partial charge in [-0.15, -0.1) is 0 Å². The van der Waals surface area contributed by atoms with E-state index in [0.29, 0.717) is 11.5 Å². The predicted octanol–water partition coefficient (Wildman–Crippen LogP) is 3.97. The van der Waals surface area contributed by atoms with Crippen molar-refractivity contribution in [2.45, 2.75) is 44.9 Å². The Hall–Kier alpha value is -2.10. The number of carboxylic acids is 1. The molecule has 0 atom stereocenters. The van der Waals surface area contributed by atoms with E-state index in [-0.39, 0.29) is 5.92 Å². The number of hydrogen-bond acceptors (Lipinski definition) is 2. The molecule has 4 nitrogen and oxygen atoms in total. The topological polar surface area (TPSA) is 57.6 Å². The monoisotopic (exact) mass is 327 g/mol. The Bertz CT molecular complexity index is 617. The minimum atomic E-state index is -0.899. The van der Waals surface area contributed by atoms with E-state index in [9.17, 15) is 9.59 Å². The molecule has 1 saturated carbocycles. The summed E-state index contributed by atoms with van der Waals surface area (Å²) < 4.78 is 0. The zero-order valence-corrected chi connectivity index (χ0v) is 14.0. The molecular formula is C20H25NO3. The van der Waals surface area contributed by atoms with Crippen LogP contribution in [0.25, 0.3) is 6.08 Å². The van der Waals surface area contributed by atoms with Gasteiger partial charge >= 0.3 is 5.97 Å². The van der Waals surface area contributed by atoms with Crippen LogP contribution in [-0.2, 0) is 4.79 Å². The molecule has 3 rings (SSSR count). The van der Waals surface area contributed by atoms with E-state index in [0.717, 1.165) is 44.3 Å². The van der Waals surface area contributed by atoms with E-state index in [1.165, 1.54) is 24.8 Å². The van der Waals surface area contributed by atoms with Crippen molar-refractivity contribution in [3.63, 3.8) is 0 Å². The van der Waals surface area contributed by atoms with Gasteiger partial charge in [0.05, 0.1) is 5.56 Å². The van der Waals surface area contributed by atoms with Crippen LogP contribution in [0.5, 0.6) is 0 Å². The van der Waals surface area contributed by atoms with Crippen LogP contribution in [0.1, 0.15) is 60.9 Å². The molecule has 0 aromatic heterocycles. The summed E-state index contributed by atoms with van der Waals surface area (Å²) in [6, 6.07) is 6.96. The molecule has 4 heteroatoms. The van der Waals surface area contributed by atoms with Gasteiger partial charge in [0.15, 0.2) is 0 Å². The third-order valence-corrected chi connectivity index (χ3v) is 5.20. The average Bonchev–Trinajstić information content (AvgIpc) is 2.63. The van der Waals surface area contributed by atoms with E-state index in [2.05, 4.69) is 6.08 Å². The highest BCUT2D eigenvalue weighted by atomic mass is 16.4. The van der Waals surface area contributed by atoms with Crippen molar-refractivity contribution in [1.82, 2.24) is 4.90 Å². The summed E-state index contributed by atoms with van der Waals surface area (Å²) in [5.41, 5.74) is 2.68. The number of hydrogen-bond donors (Lipinski definition) is 1. The Balaban J connectivity index is 1.56. The molecular weight excluding hydrogens is 302 g/mol. The second kappa shape index (κ2) is 7.65. The lowest BCUT2D eigenvalue weighted by atomic mass is 9.87. The standard InChI is InChI=1S/C20H25NO3/c22-19(17-4-2-1-3-5-17)21-12-10-16(11-13-21)14-15-6-8-18(9-7-15)20(23)24/h6-9,14,17H,1-5,10-13H2,(H,23,24). The molecule has 128 valence electrons. The van der Waals surface area contributed by atoms with E-state index < -0.39 is 5.97 Å². The number of carbonyl (C=O) groups excluding carboxylic acids is 1. The van der Waals surface area contributed by atoms with Crippen LogP contribution >= 0.6 is 0 Å². The van der Waals surface area contributed by atoms with Crippen LogP contribution < -0.4 is 0 Å². The lowest BCUT2D eigenvalue weighted by Crippen LogP contribution is -2.40. The fraction of sp³-hybridized carbons (Fsp3) is 0.500. The van der Waals surface area contributed by atoms with Gasteiger partial charge in [0.25, 0.3) is 0 Å². The Morgan fingerprint density at radius 1 is 1.00 bits per heavy atom. The van der Waals surface area contributed by atoms with E-state index in [4.69, 9.17) is 5.11 Å². The molecule has 1 aromatic carbocycles. The number of aromatic carboxylic acids is 1. The van der Waals surface area contributed by atoms with Crippen molar-refractivity contribution in [1.29, 1.82) is 0 Å². The maximum atomic E-state index is 12.6. The molecule has 1 N–H and O–H groups in total. The maximum absolute atomic E-state index is 12.6. The molecule has 0 radical (unpaired) electrons. The first-order chi connectivity index (χ1) is 11.6. The Kier molecular flexibility index (Phi) is 5.34. The summed E-state index contributed by atoms with van der Waals surface area (Å²) in [4.78, 5) is 25.5. The Morgan fingerprint density at radius 2 is 1.62 bits per heavy atom. The number of carboxylic acid groups (broad SMARTS) is 1. The van der Waals surface area contributed by atoms with Gasteiger partial charge < -0.3 is 10.0 Å². The van der Waals surface area contributed by atoms with Gasteiger partial charge in [-0.2, -0.15) is 0 Å². The van der Waals surface area contributed by atoms with Gasteiger partial charge in [0, 0.05) is 19.0 Å². The van der Waals surface area contributed by atoms with Gasteiger partial charge in [-0.1, -0.05) is 43.0 Å². The smallest absolute Gasteiger partial charge is 0.335 e. The summed E-state index contributed by atoms with van der Waals surface area (Å²) in [5, 5.41) is 8.93. The zero-order valence-electron chi connectivity index (χ0n) is 14.0. The van der Waals surface area contributed by atoms with Crippen LogP contribution in [0.4, 0.5) is 0 Å². The molecule has 2 fully saturated rings. The largest absolute Gasteiger partial charge is 0.478 e. The average molecular weight is 327 g/mol. The summed E-state index contributed by atoms with van der Waals surface area (Å²) >= 11 is 0. The van der Waals surface area contributed by atoms with Crippen LogP contribution in [0.2, 0.25) is 0 Å². The molecule has 1 aliphatic carbocycles. The van der Waals surface area contributed by atoms with Crippen molar-refractivity contribution in [2.75, 3.05) is 13.1 Å². The lowest BCUT2D eigenvalue weighted by molar-refractivity contribution is -0.137. The minimum Gasteiger partial charge on any atom is -0.478 e. The molecule has 0 unspecified atom stereocenters. The van der Waals surface area contributed by atoms with E-state index >= 15 is 0 Å². The number of amides is 1. The molecule has 0 spiro atoms. The van der Waals surface area contributed by atoms with Crippen LogP contribution in [0.15, 0.2) is 29.8 Å². The molecule has 2 aliphatic rings. The van der Waals surface area contributed by atoms with Crippen LogP contribution in [0, 0.1) is 5.92 Å². The Labute approximate surface area is 143 Å². The van der Waals surface area contributed by atoms with Gasteiger partial charge in [0.2, 0.25) is 5.91 Å². The summed E-state index contributed by atoms with van der Waals surface area (Å²) in [6.45, 7) is 1.63. The van der Waals surface area contributed by atoms with Crippen molar-refractivity contribution in [3.05, 3.63) is 41.0 Å². The highest BCUT2D eigenvalue weighted by Gasteiger charge is 2.27. The van der Waals surface area contributed by atoms with E-state index in [1.807, 2.05) is 17.0 Å². The highest BCUT2D eigenvalue weighted by Crippen LogP contribution is 2.28. The number of piperidine rings is 1. The van der Waals surface area contributed by atoms with Crippen LogP contribution in [0.3, 0.4) is 0 Å². The maximum Gasteiger partial charge on any atom is 0.335 e. The minimum absolute atomic E-state index is 0.257. The molecule has 1 amide bonds. The van der Waals surface area contributed by atoms with Gasteiger partial charge in [0.1, 0.15) is 0 Å². The van der Waals surface area contributed by atoms with Gasteiger partial charge in [-0.25, -0.2) is 4.79 Å². The first-order valence-corrected chi connectivity index (χ1v) is 8.95. The fourth-order valence-electron chi connectivity index (χ4n) is 3.72. The van der Waals surface area contributed by atoms with Gasteiger partial charge in [-0.05, 0) is 43.4 Å². The summed E-state index contributed by atoms with van der Waals surface area (Å²) in [6.07, 6.45) is 9.76. The van der Waals surface area contributed by atoms with Crippen molar-refractivity contribution in [2.24, 2.45) is 5.92 Å². The quantitative estimate of drug-likeness (QED) is 0.914. The van der Waals surface area contributed by atoms with Crippen molar-refractivity contribution >= 4 is 18.0 Å². The number of carbonyl (C=O) groups is 2. The lowest BCUT2D eigenvalue weighted by Gasteiger charge is -2.33. The molecule has 1 heterocycles.